The molecular weight excluding hydrogens is 302 g/mol. The van der Waals surface area contributed by atoms with E-state index in [0.29, 0.717) is 17.1 Å². The van der Waals surface area contributed by atoms with Crippen LogP contribution in [0.25, 0.3) is 11.2 Å². The van der Waals surface area contributed by atoms with Crippen molar-refractivity contribution in [2.75, 3.05) is 12.3 Å². The first-order chi connectivity index (χ1) is 10.3. The van der Waals surface area contributed by atoms with Gasteiger partial charge in [0, 0.05) is 13.2 Å². The van der Waals surface area contributed by atoms with Crippen LogP contribution in [0.15, 0.2) is 6.33 Å². The molecule has 0 unspecified atom stereocenters. The maximum atomic E-state index is 9.78. The Bertz CT molecular complexity index is 713. The number of aliphatic hydroxyl groups is 1. The van der Waals surface area contributed by atoms with E-state index in [2.05, 4.69) is 35.7 Å². The highest BCUT2D eigenvalue weighted by Gasteiger charge is 2.50. The van der Waals surface area contributed by atoms with Crippen molar-refractivity contribution in [2.24, 2.45) is 16.7 Å². The van der Waals surface area contributed by atoms with Gasteiger partial charge in [0.05, 0.1) is 6.33 Å². The SMILES string of the molecule is CC1(C)[C@@H](Cn2cnc3c(Cl)nc(N)nc32)CC[C@@]1(C)CO. The topological polar surface area (TPSA) is 89.9 Å². The second kappa shape index (κ2) is 5.06. The molecule has 2 heterocycles. The fourth-order valence-electron chi connectivity index (χ4n) is 3.57. The maximum absolute atomic E-state index is 9.78. The van der Waals surface area contributed by atoms with Gasteiger partial charge in [0.1, 0.15) is 5.52 Å². The molecule has 3 rings (SSSR count). The second-order valence-corrected chi connectivity index (χ2v) is 7.48. The standard InChI is InChI=1S/C15H22ClN5O/c1-14(2)9(4-5-15(14,3)7-22)6-21-8-18-10-11(16)19-13(17)20-12(10)21/h8-9,22H,4-7H2,1-3H3,(H2,17,19,20)/t9-,15+/m1/s1. The Morgan fingerprint density at radius 1 is 1.41 bits per heavy atom. The highest BCUT2D eigenvalue weighted by molar-refractivity contribution is 6.33. The average molecular weight is 324 g/mol. The summed E-state index contributed by atoms with van der Waals surface area (Å²) >= 11 is 6.08. The molecule has 1 saturated carbocycles. The molecule has 0 spiro atoms. The normalized spacial score (nSPS) is 27.6. The number of nitrogens with two attached hydrogens (primary N) is 1. The Balaban J connectivity index is 1.95. The van der Waals surface area contributed by atoms with Crippen LogP contribution in [0.5, 0.6) is 0 Å². The van der Waals surface area contributed by atoms with Gasteiger partial charge in [-0.2, -0.15) is 9.97 Å². The van der Waals surface area contributed by atoms with Gasteiger partial charge in [-0.3, -0.25) is 0 Å². The third kappa shape index (κ3) is 2.16. The monoisotopic (exact) mass is 323 g/mol. The van der Waals surface area contributed by atoms with E-state index in [9.17, 15) is 5.11 Å². The second-order valence-electron chi connectivity index (χ2n) is 7.12. The van der Waals surface area contributed by atoms with E-state index in [0.717, 1.165) is 19.4 Å². The maximum Gasteiger partial charge on any atom is 0.223 e. The molecule has 2 aromatic heterocycles. The van der Waals surface area contributed by atoms with Crippen molar-refractivity contribution in [3.05, 3.63) is 11.5 Å². The molecule has 0 saturated heterocycles. The van der Waals surface area contributed by atoms with Gasteiger partial charge in [-0.25, -0.2) is 4.98 Å². The molecule has 6 nitrogen and oxygen atoms in total. The third-order valence-electron chi connectivity index (χ3n) is 5.83. The van der Waals surface area contributed by atoms with Crippen molar-refractivity contribution >= 4 is 28.7 Å². The van der Waals surface area contributed by atoms with Crippen LogP contribution in [-0.2, 0) is 6.54 Å². The average Bonchev–Trinajstić information content (AvgIpc) is 2.94. The minimum atomic E-state index is -0.0558. The van der Waals surface area contributed by atoms with Crippen molar-refractivity contribution in [2.45, 2.75) is 40.2 Å². The van der Waals surface area contributed by atoms with Gasteiger partial charge in [0.15, 0.2) is 10.8 Å². The molecule has 1 aliphatic rings. The Morgan fingerprint density at radius 2 is 2.14 bits per heavy atom. The number of aromatic nitrogens is 4. The molecule has 0 amide bonds. The summed E-state index contributed by atoms with van der Waals surface area (Å²) in [6.45, 7) is 7.62. The van der Waals surface area contributed by atoms with Gasteiger partial charge >= 0.3 is 0 Å². The lowest BCUT2D eigenvalue weighted by atomic mass is 9.66. The summed E-state index contributed by atoms with van der Waals surface area (Å²) in [4.78, 5) is 12.5. The van der Waals surface area contributed by atoms with E-state index in [1.165, 1.54) is 0 Å². The summed E-state index contributed by atoms with van der Waals surface area (Å²) in [7, 11) is 0. The van der Waals surface area contributed by atoms with Gasteiger partial charge in [0.25, 0.3) is 0 Å². The molecule has 2 aromatic rings. The van der Waals surface area contributed by atoms with E-state index in [1.807, 2.05) is 4.57 Å². The number of hydrogen-bond acceptors (Lipinski definition) is 5. The molecule has 7 heteroatoms. The first-order valence-electron chi connectivity index (χ1n) is 7.53. The number of rotatable bonds is 3. The first-order valence-corrected chi connectivity index (χ1v) is 7.91. The number of hydrogen-bond donors (Lipinski definition) is 2. The molecule has 1 fully saturated rings. The quantitative estimate of drug-likeness (QED) is 0.847. The fourth-order valence-corrected chi connectivity index (χ4v) is 3.79. The van der Waals surface area contributed by atoms with E-state index >= 15 is 0 Å². The number of imidazole rings is 1. The molecule has 1 aliphatic carbocycles. The molecule has 120 valence electrons. The Labute approximate surface area is 134 Å². The highest BCUT2D eigenvalue weighted by atomic mass is 35.5. The highest BCUT2D eigenvalue weighted by Crippen LogP contribution is 2.56. The van der Waals surface area contributed by atoms with Crippen LogP contribution in [0, 0.1) is 16.7 Å². The zero-order valence-corrected chi connectivity index (χ0v) is 13.9. The summed E-state index contributed by atoms with van der Waals surface area (Å²) in [5.74, 6) is 0.585. The zero-order valence-electron chi connectivity index (χ0n) is 13.2. The Morgan fingerprint density at radius 3 is 2.77 bits per heavy atom. The summed E-state index contributed by atoms with van der Waals surface area (Å²) in [6.07, 6.45) is 3.83. The Kier molecular flexibility index (Phi) is 3.57. The van der Waals surface area contributed by atoms with Crippen molar-refractivity contribution in [3.63, 3.8) is 0 Å². The minimum absolute atomic E-state index is 0.0285. The van der Waals surface area contributed by atoms with Crippen LogP contribution in [0.3, 0.4) is 0 Å². The molecular formula is C15H22ClN5O. The zero-order chi connectivity index (χ0) is 16.1. The van der Waals surface area contributed by atoms with E-state index in [-0.39, 0.29) is 28.5 Å². The summed E-state index contributed by atoms with van der Waals surface area (Å²) in [5.41, 5.74) is 6.92. The number of anilines is 1. The third-order valence-corrected chi connectivity index (χ3v) is 6.09. The molecule has 3 N–H and O–H groups in total. The summed E-state index contributed by atoms with van der Waals surface area (Å²) < 4.78 is 1.99. The van der Waals surface area contributed by atoms with E-state index < -0.39 is 0 Å². The van der Waals surface area contributed by atoms with Gasteiger partial charge in [-0.15, -0.1) is 0 Å². The lowest BCUT2D eigenvalue weighted by molar-refractivity contribution is 0.0219. The van der Waals surface area contributed by atoms with Crippen LogP contribution in [-0.4, -0.2) is 31.2 Å². The van der Waals surface area contributed by atoms with Gasteiger partial charge in [0.2, 0.25) is 5.95 Å². The van der Waals surface area contributed by atoms with E-state index in [1.54, 1.807) is 6.33 Å². The molecule has 2 atom stereocenters. The van der Waals surface area contributed by atoms with Gasteiger partial charge in [-0.05, 0) is 29.6 Å². The number of fused-ring (bicyclic) bond motifs is 1. The first kappa shape index (κ1) is 15.5. The number of nitrogens with zero attached hydrogens (tertiary/aromatic N) is 4. The molecule has 0 bridgehead atoms. The van der Waals surface area contributed by atoms with Gasteiger partial charge < -0.3 is 15.4 Å². The van der Waals surface area contributed by atoms with Crippen molar-refractivity contribution in [3.8, 4) is 0 Å². The number of nitrogen functional groups attached to an aromatic ring is 1. The Hall–Kier alpha value is -1.40. The van der Waals surface area contributed by atoms with Crippen LogP contribution >= 0.6 is 11.6 Å². The predicted octanol–water partition coefficient (Wildman–Crippen LogP) is 2.50. The van der Waals surface area contributed by atoms with Crippen molar-refractivity contribution in [1.29, 1.82) is 0 Å². The van der Waals surface area contributed by atoms with Crippen molar-refractivity contribution in [1.82, 2.24) is 19.5 Å². The minimum Gasteiger partial charge on any atom is -0.396 e. The lowest BCUT2D eigenvalue weighted by Gasteiger charge is -2.40. The van der Waals surface area contributed by atoms with Crippen LogP contribution in [0.1, 0.15) is 33.6 Å². The summed E-state index contributed by atoms with van der Waals surface area (Å²) in [6, 6.07) is 0. The molecule has 0 aliphatic heterocycles. The number of halogens is 1. The lowest BCUT2D eigenvalue weighted by Crippen LogP contribution is -2.38. The predicted molar refractivity (Wildman–Crippen MR) is 86.4 cm³/mol. The van der Waals surface area contributed by atoms with Crippen LogP contribution in [0.4, 0.5) is 5.95 Å². The summed E-state index contributed by atoms with van der Waals surface area (Å²) in [5, 5.41) is 10.1. The van der Waals surface area contributed by atoms with Crippen molar-refractivity contribution < 1.29 is 5.11 Å². The van der Waals surface area contributed by atoms with Crippen LogP contribution < -0.4 is 5.73 Å². The largest absolute Gasteiger partial charge is 0.396 e. The molecule has 22 heavy (non-hydrogen) atoms. The van der Waals surface area contributed by atoms with E-state index in [4.69, 9.17) is 17.3 Å². The molecule has 0 radical (unpaired) electrons. The smallest absolute Gasteiger partial charge is 0.223 e. The fraction of sp³-hybridized carbons (Fsp3) is 0.667. The van der Waals surface area contributed by atoms with Gasteiger partial charge in [-0.1, -0.05) is 32.4 Å². The molecule has 0 aromatic carbocycles. The van der Waals surface area contributed by atoms with Crippen LogP contribution in [0.2, 0.25) is 5.15 Å². The number of aliphatic hydroxyl groups excluding tert-OH is 1.